The predicted octanol–water partition coefficient (Wildman–Crippen LogP) is 3.25. The number of benzene rings is 1. The van der Waals surface area contributed by atoms with E-state index in [1.54, 1.807) is 17.0 Å². The number of halogens is 3. The Morgan fingerprint density at radius 3 is 2.67 bits per heavy atom. The minimum Gasteiger partial charge on any atom is -0.480 e. The van der Waals surface area contributed by atoms with Gasteiger partial charge in [-0.25, -0.2) is 4.79 Å². The SMILES string of the molecule is O=C(O)C1CCCN1c1cnn(-c2ccc(Cl)cc2Cl)c(=O)c1Cl. The molecule has 2 heterocycles. The van der Waals surface area contributed by atoms with Crippen LogP contribution in [0.3, 0.4) is 0 Å². The maximum atomic E-state index is 12.6. The molecule has 1 N–H and O–H groups in total. The molecule has 0 spiro atoms. The monoisotopic (exact) mass is 387 g/mol. The Morgan fingerprint density at radius 2 is 2.00 bits per heavy atom. The molecule has 1 saturated heterocycles. The van der Waals surface area contributed by atoms with Gasteiger partial charge in [0.15, 0.2) is 0 Å². The molecular formula is C15H12Cl3N3O3. The standard InChI is InChI=1S/C15H12Cl3N3O3/c16-8-3-4-10(9(17)6-8)21-14(22)13(18)12(7-19-21)20-5-1-2-11(20)15(23)24/h3-4,6-7,11H,1-2,5H2,(H,23,24). The number of rotatable bonds is 3. The van der Waals surface area contributed by atoms with Gasteiger partial charge < -0.3 is 10.0 Å². The fraction of sp³-hybridized carbons (Fsp3) is 0.267. The molecular weight excluding hydrogens is 377 g/mol. The van der Waals surface area contributed by atoms with Crippen molar-refractivity contribution in [3.05, 3.63) is 49.8 Å². The van der Waals surface area contributed by atoms with Crippen LogP contribution in [0, 0.1) is 0 Å². The third-order valence-corrected chi connectivity index (χ3v) is 4.78. The molecule has 0 aliphatic carbocycles. The number of anilines is 1. The number of hydrogen-bond donors (Lipinski definition) is 1. The lowest BCUT2D eigenvalue weighted by Crippen LogP contribution is -2.37. The summed E-state index contributed by atoms with van der Waals surface area (Å²) >= 11 is 18.2. The Hall–Kier alpha value is -1.76. The summed E-state index contributed by atoms with van der Waals surface area (Å²) in [5.74, 6) is -0.950. The Kier molecular flexibility index (Phi) is 4.71. The molecule has 0 radical (unpaired) electrons. The summed E-state index contributed by atoms with van der Waals surface area (Å²) < 4.78 is 1.07. The summed E-state index contributed by atoms with van der Waals surface area (Å²) in [5.41, 5.74) is 0.0815. The van der Waals surface area contributed by atoms with Gasteiger partial charge in [-0.2, -0.15) is 9.78 Å². The van der Waals surface area contributed by atoms with Gasteiger partial charge in [0.05, 0.1) is 22.6 Å². The second kappa shape index (κ2) is 6.63. The molecule has 1 aromatic heterocycles. The quantitative estimate of drug-likeness (QED) is 0.873. The maximum absolute atomic E-state index is 12.6. The van der Waals surface area contributed by atoms with E-state index in [4.69, 9.17) is 34.8 Å². The van der Waals surface area contributed by atoms with Crippen molar-refractivity contribution >= 4 is 46.5 Å². The first-order chi connectivity index (χ1) is 11.4. The zero-order valence-electron chi connectivity index (χ0n) is 12.2. The van der Waals surface area contributed by atoms with Crippen LogP contribution < -0.4 is 10.5 Å². The van der Waals surface area contributed by atoms with Gasteiger partial charge in [-0.1, -0.05) is 34.8 Å². The van der Waals surface area contributed by atoms with Crippen LogP contribution >= 0.6 is 34.8 Å². The fourth-order valence-corrected chi connectivity index (χ4v) is 3.49. The highest BCUT2D eigenvalue weighted by atomic mass is 35.5. The van der Waals surface area contributed by atoms with Crippen molar-refractivity contribution in [1.82, 2.24) is 9.78 Å². The first kappa shape index (κ1) is 17.1. The van der Waals surface area contributed by atoms with Crippen molar-refractivity contribution in [2.45, 2.75) is 18.9 Å². The summed E-state index contributed by atoms with van der Waals surface area (Å²) in [6, 6.07) is 3.93. The average molecular weight is 389 g/mol. The van der Waals surface area contributed by atoms with E-state index in [-0.39, 0.29) is 10.0 Å². The lowest BCUT2D eigenvalue weighted by molar-refractivity contribution is -0.138. The molecule has 9 heteroatoms. The molecule has 6 nitrogen and oxygen atoms in total. The summed E-state index contributed by atoms with van der Waals surface area (Å²) in [4.78, 5) is 25.5. The fourth-order valence-electron chi connectivity index (χ4n) is 2.76. The van der Waals surface area contributed by atoms with Gasteiger partial charge >= 0.3 is 5.97 Å². The van der Waals surface area contributed by atoms with Crippen LogP contribution in [0.25, 0.3) is 5.69 Å². The molecule has 1 atom stereocenters. The lowest BCUT2D eigenvalue weighted by Gasteiger charge is -2.24. The van der Waals surface area contributed by atoms with Gasteiger partial charge in [0.2, 0.25) is 0 Å². The van der Waals surface area contributed by atoms with Gasteiger partial charge in [-0.05, 0) is 31.0 Å². The van der Waals surface area contributed by atoms with E-state index < -0.39 is 17.6 Å². The molecule has 1 aromatic carbocycles. The number of carbonyl (C=O) groups is 1. The van der Waals surface area contributed by atoms with Crippen molar-refractivity contribution in [1.29, 1.82) is 0 Å². The van der Waals surface area contributed by atoms with Crippen LogP contribution in [0.15, 0.2) is 29.2 Å². The van der Waals surface area contributed by atoms with E-state index in [1.165, 1.54) is 12.3 Å². The van der Waals surface area contributed by atoms with Crippen LogP contribution in [0.2, 0.25) is 15.1 Å². The molecule has 0 saturated carbocycles. The Balaban J connectivity index is 2.07. The Labute approximate surface area is 152 Å². The minimum absolute atomic E-state index is 0.0934. The second-order valence-corrected chi connectivity index (χ2v) is 6.57. The molecule has 0 amide bonds. The van der Waals surface area contributed by atoms with Gasteiger partial charge in [0.25, 0.3) is 5.56 Å². The first-order valence-electron chi connectivity index (χ1n) is 7.13. The van der Waals surface area contributed by atoms with E-state index in [0.717, 1.165) is 4.68 Å². The van der Waals surface area contributed by atoms with Crippen molar-refractivity contribution in [3.8, 4) is 5.69 Å². The molecule has 2 aromatic rings. The smallest absolute Gasteiger partial charge is 0.326 e. The second-order valence-electron chi connectivity index (χ2n) is 5.35. The minimum atomic E-state index is -0.950. The number of carboxylic acid groups (broad SMARTS) is 1. The highest BCUT2D eigenvalue weighted by molar-refractivity contribution is 6.36. The predicted molar refractivity (Wildman–Crippen MR) is 92.9 cm³/mol. The van der Waals surface area contributed by atoms with Crippen LogP contribution in [-0.4, -0.2) is 33.4 Å². The van der Waals surface area contributed by atoms with Crippen molar-refractivity contribution in [2.75, 3.05) is 11.4 Å². The summed E-state index contributed by atoms with van der Waals surface area (Å²) in [5, 5.41) is 14.0. The molecule has 24 heavy (non-hydrogen) atoms. The third kappa shape index (κ3) is 2.97. The number of hydrogen-bond acceptors (Lipinski definition) is 4. The van der Waals surface area contributed by atoms with E-state index >= 15 is 0 Å². The average Bonchev–Trinajstić information content (AvgIpc) is 3.00. The molecule has 1 aliphatic heterocycles. The lowest BCUT2D eigenvalue weighted by atomic mass is 10.2. The van der Waals surface area contributed by atoms with E-state index in [0.29, 0.717) is 35.8 Å². The number of carboxylic acids is 1. The number of aliphatic carboxylic acids is 1. The molecule has 1 unspecified atom stereocenters. The topological polar surface area (TPSA) is 75.4 Å². The summed E-state index contributed by atoms with van der Waals surface area (Å²) in [6.07, 6.45) is 2.59. The van der Waals surface area contributed by atoms with Crippen LogP contribution in [0.1, 0.15) is 12.8 Å². The van der Waals surface area contributed by atoms with Crippen molar-refractivity contribution in [3.63, 3.8) is 0 Å². The number of nitrogens with zero attached hydrogens (tertiary/aromatic N) is 3. The normalized spacial score (nSPS) is 17.3. The molecule has 1 fully saturated rings. The zero-order chi connectivity index (χ0) is 17.4. The van der Waals surface area contributed by atoms with Crippen LogP contribution in [0.4, 0.5) is 5.69 Å². The summed E-state index contributed by atoms with van der Waals surface area (Å²) in [7, 11) is 0. The highest BCUT2D eigenvalue weighted by Crippen LogP contribution is 2.30. The van der Waals surface area contributed by atoms with Crippen LogP contribution in [-0.2, 0) is 4.79 Å². The molecule has 1 aliphatic rings. The van der Waals surface area contributed by atoms with E-state index in [1.807, 2.05) is 0 Å². The largest absolute Gasteiger partial charge is 0.480 e. The third-order valence-electron chi connectivity index (χ3n) is 3.89. The first-order valence-corrected chi connectivity index (χ1v) is 8.26. The molecule has 3 rings (SSSR count). The molecule has 126 valence electrons. The van der Waals surface area contributed by atoms with Crippen molar-refractivity contribution in [2.24, 2.45) is 0 Å². The zero-order valence-corrected chi connectivity index (χ0v) is 14.5. The maximum Gasteiger partial charge on any atom is 0.326 e. The highest BCUT2D eigenvalue weighted by Gasteiger charge is 2.32. The Bertz CT molecular complexity index is 869. The van der Waals surface area contributed by atoms with Gasteiger partial charge in [-0.3, -0.25) is 4.79 Å². The van der Waals surface area contributed by atoms with E-state index in [9.17, 15) is 14.7 Å². The molecule has 0 bridgehead atoms. The van der Waals surface area contributed by atoms with Gasteiger partial charge in [-0.15, -0.1) is 0 Å². The van der Waals surface area contributed by atoms with Gasteiger partial charge in [0.1, 0.15) is 11.1 Å². The number of aromatic nitrogens is 2. The van der Waals surface area contributed by atoms with Gasteiger partial charge in [0, 0.05) is 11.6 Å². The summed E-state index contributed by atoms with van der Waals surface area (Å²) in [6.45, 7) is 0.503. The van der Waals surface area contributed by atoms with Crippen molar-refractivity contribution < 1.29 is 9.90 Å². The Morgan fingerprint density at radius 1 is 1.25 bits per heavy atom. The van der Waals surface area contributed by atoms with Crippen LogP contribution in [0.5, 0.6) is 0 Å². The van der Waals surface area contributed by atoms with E-state index in [2.05, 4.69) is 5.10 Å².